The first kappa shape index (κ1) is 12.5. The lowest BCUT2D eigenvalue weighted by Crippen LogP contribution is -2.37. The van der Waals surface area contributed by atoms with Gasteiger partial charge in [0, 0.05) is 13.1 Å². The zero-order valence-electron chi connectivity index (χ0n) is 10.8. The van der Waals surface area contributed by atoms with E-state index in [2.05, 4.69) is 15.0 Å². The predicted molar refractivity (Wildman–Crippen MR) is 71.8 cm³/mol. The summed E-state index contributed by atoms with van der Waals surface area (Å²) in [6, 6.07) is 6.14. The highest BCUT2D eigenvalue weighted by atomic mass is 16.5. The quantitative estimate of drug-likeness (QED) is 0.780. The van der Waals surface area contributed by atoms with Crippen LogP contribution < -0.4 is 16.0 Å². The molecule has 1 unspecified atom stereocenters. The van der Waals surface area contributed by atoms with Gasteiger partial charge in [0.15, 0.2) is 0 Å². The highest BCUT2D eigenvalue weighted by Gasteiger charge is 2.25. The Morgan fingerprint density at radius 1 is 1.56 bits per heavy atom. The molecule has 0 aromatic heterocycles. The Balaban J connectivity index is 2.04. The van der Waals surface area contributed by atoms with E-state index >= 15 is 0 Å². The standard InChI is InChI=1S/C13H19N3O2/c1-9-4-3-5-11(12(9)14)16-7-6-10(8-16)15-13(17)18-2/h3-5,10H,6-8,14H2,1-2H3,(H,15,17). The average Bonchev–Trinajstić information content (AvgIpc) is 2.80. The average molecular weight is 249 g/mol. The Hall–Kier alpha value is -1.91. The van der Waals surface area contributed by atoms with E-state index in [0.29, 0.717) is 0 Å². The van der Waals surface area contributed by atoms with Crippen LogP contribution in [0.15, 0.2) is 18.2 Å². The van der Waals surface area contributed by atoms with Crippen molar-refractivity contribution in [1.82, 2.24) is 5.32 Å². The maximum atomic E-state index is 11.2. The molecule has 1 atom stereocenters. The van der Waals surface area contributed by atoms with E-state index in [9.17, 15) is 4.79 Å². The van der Waals surface area contributed by atoms with E-state index in [4.69, 9.17) is 5.73 Å². The third kappa shape index (κ3) is 2.50. The van der Waals surface area contributed by atoms with Gasteiger partial charge in [-0.2, -0.15) is 0 Å². The minimum absolute atomic E-state index is 0.123. The Labute approximate surface area is 107 Å². The fourth-order valence-corrected chi connectivity index (χ4v) is 2.26. The van der Waals surface area contributed by atoms with Crippen LogP contribution in [-0.4, -0.2) is 32.3 Å². The molecule has 1 heterocycles. The number of carbonyl (C=O) groups excluding carboxylic acids is 1. The first-order chi connectivity index (χ1) is 8.61. The summed E-state index contributed by atoms with van der Waals surface area (Å²) < 4.78 is 4.60. The summed E-state index contributed by atoms with van der Waals surface area (Å²) in [6.07, 6.45) is 0.529. The molecule has 18 heavy (non-hydrogen) atoms. The van der Waals surface area contributed by atoms with Crippen LogP contribution >= 0.6 is 0 Å². The molecule has 0 radical (unpaired) electrons. The van der Waals surface area contributed by atoms with E-state index < -0.39 is 0 Å². The number of ether oxygens (including phenoxy) is 1. The summed E-state index contributed by atoms with van der Waals surface area (Å²) in [4.78, 5) is 13.4. The molecule has 3 N–H and O–H groups in total. The van der Waals surface area contributed by atoms with Gasteiger partial charge < -0.3 is 20.7 Å². The molecular weight excluding hydrogens is 230 g/mol. The van der Waals surface area contributed by atoms with Gasteiger partial charge in [0.25, 0.3) is 0 Å². The van der Waals surface area contributed by atoms with Crippen LogP contribution in [0.5, 0.6) is 0 Å². The summed E-state index contributed by atoms with van der Waals surface area (Å²) in [5.41, 5.74) is 9.02. The predicted octanol–water partition coefficient (Wildman–Crippen LogP) is 1.51. The number of methoxy groups -OCH3 is 1. The van der Waals surface area contributed by atoms with Gasteiger partial charge in [0.1, 0.15) is 0 Å². The minimum Gasteiger partial charge on any atom is -0.453 e. The summed E-state index contributed by atoms with van der Waals surface area (Å²) in [7, 11) is 1.38. The van der Waals surface area contributed by atoms with Crippen LogP contribution in [0.25, 0.3) is 0 Å². The molecule has 1 saturated heterocycles. The molecule has 1 aliphatic heterocycles. The van der Waals surface area contributed by atoms with E-state index in [-0.39, 0.29) is 12.1 Å². The van der Waals surface area contributed by atoms with E-state index in [1.54, 1.807) is 0 Å². The van der Waals surface area contributed by atoms with Gasteiger partial charge in [-0.15, -0.1) is 0 Å². The van der Waals surface area contributed by atoms with E-state index in [1.165, 1.54) is 7.11 Å². The lowest BCUT2D eigenvalue weighted by molar-refractivity contribution is 0.167. The molecule has 5 heteroatoms. The molecule has 5 nitrogen and oxygen atoms in total. The number of aryl methyl sites for hydroxylation is 1. The smallest absolute Gasteiger partial charge is 0.407 e. The number of nitrogens with zero attached hydrogens (tertiary/aromatic N) is 1. The maximum Gasteiger partial charge on any atom is 0.407 e. The summed E-state index contributed by atoms with van der Waals surface area (Å²) in [5, 5.41) is 2.82. The molecule has 1 amide bonds. The van der Waals surface area contributed by atoms with Crippen molar-refractivity contribution in [1.29, 1.82) is 0 Å². The number of benzene rings is 1. The van der Waals surface area contributed by atoms with Gasteiger partial charge in [0.05, 0.1) is 24.5 Å². The van der Waals surface area contributed by atoms with Crippen molar-refractivity contribution in [2.45, 2.75) is 19.4 Å². The number of hydrogen-bond donors (Lipinski definition) is 2. The first-order valence-corrected chi connectivity index (χ1v) is 6.06. The van der Waals surface area contributed by atoms with Crippen molar-refractivity contribution in [2.75, 3.05) is 30.8 Å². The number of anilines is 2. The number of alkyl carbamates (subject to hydrolysis) is 1. The molecule has 1 aromatic rings. The normalized spacial score (nSPS) is 18.8. The summed E-state index contributed by atoms with van der Waals surface area (Å²) in [5.74, 6) is 0. The number of amides is 1. The fourth-order valence-electron chi connectivity index (χ4n) is 2.26. The van der Waals surface area contributed by atoms with Crippen LogP contribution in [0.1, 0.15) is 12.0 Å². The lowest BCUT2D eigenvalue weighted by atomic mass is 10.1. The Bertz CT molecular complexity index is 448. The molecule has 0 aliphatic carbocycles. The molecule has 0 bridgehead atoms. The van der Waals surface area contributed by atoms with Crippen LogP contribution in [0, 0.1) is 6.92 Å². The minimum atomic E-state index is -0.376. The molecule has 0 saturated carbocycles. The molecule has 1 fully saturated rings. The number of nitrogens with one attached hydrogen (secondary N) is 1. The van der Waals surface area contributed by atoms with Crippen LogP contribution in [-0.2, 0) is 4.74 Å². The Morgan fingerprint density at radius 3 is 3.06 bits per heavy atom. The largest absolute Gasteiger partial charge is 0.453 e. The topological polar surface area (TPSA) is 67.6 Å². The fraction of sp³-hybridized carbons (Fsp3) is 0.462. The summed E-state index contributed by atoms with van der Waals surface area (Å²) in [6.45, 7) is 3.66. The number of nitrogens with two attached hydrogens (primary N) is 1. The SMILES string of the molecule is COC(=O)NC1CCN(c2cccc(C)c2N)C1. The summed E-state index contributed by atoms with van der Waals surface area (Å²) >= 11 is 0. The molecule has 0 spiro atoms. The second-order valence-corrected chi connectivity index (χ2v) is 4.58. The van der Waals surface area contributed by atoms with Gasteiger partial charge in [-0.05, 0) is 25.0 Å². The van der Waals surface area contributed by atoms with Crippen LogP contribution in [0.2, 0.25) is 0 Å². The molecule has 1 aliphatic rings. The maximum absolute atomic E-state index is 11.2. The number of nitrogen functional groups attached to an aromatic ring is 1. The monoisotopic (exact) mass is 249 g/mol. The van der Waals surface area contributed by atoms with Gasteiger partial charge >= 0.3 is 6.09 Å². The second kappa shape index (κ2) is 5.16. The highest BCUT2D eigenvalue weighted by Crippen LogP contribution is 2.28. The van der Waals surface area contributed by atoms with Crippen molar-refractivity contribution >= 4 is 17.5 Å². The Morgan fingerprint density at radius 2 is 2.33 bits per heavy atom. The first-order valence-electron chi connectivity index (χ1n) is 6.06. The second-order valence-electron chi connectivity index (χ2n) is 4.58. The van der Waals surface area contributed by atoms with Crippen molar-refractivity contribution in [3.05, 3.63) is 23.8 Å². The van der Waals surface area contributed by atoms with Crippen LogP contribution in [0.4, 0.5) is 16.2 Å². The lowest BCUT2D eigenvalue weighted by Gasteiger charge is -2.21. The van der Waals surface area contributed by atoms with E-state index in [1.807, 2.05) is 25.1 Å². The number of carbonyl (C=O) groups is 1. The van der Waals surface area contributed by atoms with Crippen molar-refractivity contribution < 1.29 is 9.53 Å². The van der Waals surface area contributed by atoms with E-state index in [0.717, 1.165) is 36.4 Å². The molecular formula is C13H19N3O2. The van der Waals surface area contributed by atoms with Crippen molar-refractivity contribution in [3.63, 3.8) is 0 Å². The van der Waals surface area contributed by atoms with Gasteiger partial charge in [0.2, 0.25) is 0 Å². The zero-order chi connectivity index (χ0) is 13.1. The molecule has 98 valence electrons. The van der Waals surface area contributed by atoms with Crippen molar-refractivity contribution in [2.24, 2.45) is 0 Å². The third-order valence-corrected chi connectivity index (χ3v) is 3.34. The molecule has 2 rings (SSSR count). The highest BCUT2D eigenvalue weighted by molar-refractivity contribution is 5.72. The number of rotatable bonds is 2. The molecule has 1 aromatic carbocycles. The Kier molecular flexibility index (Phi) is 3.60. The van der Waals surface area contributed by atoms with Crippen molar-refractivity contribution in [3.8, 4) is 0 Å². The van der Waals surface area contributed by atoms with Gasteiger partial charge in [-0.3, -0.25) is 0 Å². The zero-order valence-corrected chi connectivity index (χ0v) is 10.8. The van der Waals surface area contributed by atoms with Crippen LogP contribution in [0.3, 0.4) is 0 Å². The number of para-hydroxylation sites is 1. The van der Waals surface area contributed by atoms with Gasteiger partial charge in [-0.25, -0.2) is 4.79 Å². The van der Waals surface area contributed by atoms with Gasteiger partial charge in [-0.1, -0.05) is 12.1 Å². The third-order valence-electron chi connectivity index (χ3n) is 3.34. The number of hydrogen-bond acceptors (Lipinski definition) is 4.